The Morgan fingerprint density at radius 3 is 3.00 bits per heavy atom. The highest BCUT2D eigenvalue weighted by atomic mass is 32.2. The molecule has 2 rings (SSSR count). The van der Waals surface area contributed by atoms with Crippen molar-refractivity contribution in [3.63, 3.8) is 0 Å². The number of pyridine rings is 1. The molecule has 96 valence electrons. The van der Waals surface area contributed by atoms with E-state index in [0.29, 0.717) is 10.8 Å². The van der Waals surface area contributed by atoms with Gasteiger partial charge in [0, 0.05) is 17.5 Å². The fourth-order valence-electron chi connectivity index (χ4n) is 2.18. The van der Waals surface area contributed by atoms with Gasteiger partial charge in [-0.1, -0.05) is 6.92 Å². The van der Waals surface area contributed by atoms with Crippen molar-refractivity contribution >= 4 is 17.6 Å². The van der Waals surface area contributed by atoms with E-state index in [2.05, 4.69) is 29.5 Å². The summed E-state index contributed by atoms with van der Waals surface area (Å²) in [6.07, 6.45) is 6.65. The summed E-state index contributed by atoms with van der Waals surface area (Å²) >= 11 is 1.81. The molecule has 1 aromatic heterocycles. The fourth-order valence-corrected chi connectivity index (χ4v) is 2.43. The van der Waals surface area contributed by atoms with Crippen molar-refractivity contribution in [2.24, 2.45) is 0 Å². The number of anilines is 1. The van der Waals surface area contributed by atoms with Crippen LogP contribution < -0.4 is 5.32 Å². The number of aromatic nitrogens is 1. The molecule has 1 aliphatic rings. The Kier molecular flexibility index (Phi) is 4.48. The van der Waals surface area contributed by atoms with Crippen molar-refractivity contribution in [3.8, 4) is 6.07 Å². The summed E-state index contributed by atoms with van der Waals surface area (Å²) in [5, 5.41) is 13.0. The second-order valence-electron chi connectivity index (χ2n) is 4.74. The second kappa shape index (κ2) is 6.10. The zero-order valence-corrected chi connectivity index (χ0v) is 11.8. The molecular weight excluding hydrogens is 242 g/mol. The molecule has 18 heavy (non-hydrogen) atoms. The zero-order chi connectivity index (χ0) is 13.0. The average Bonchev–Trinajstić information content (AvgIpc) is 2.43. The third-order valence-corrected chi connectivity index (χ3v) is 4.35. The van der Waals surface area contributed by atoms with Gasteiger partial charge >= 0.3 is 0 Å². The maximum absolute atomic E-state index is 9.21. The van der Waals surface area contributed by atoms with Gasteiger partial charge in [0.25, 0.3) is 0 Å². The van der Waals surface area contributed by atoms with Crippen molar-refractivity contribution in [2.45, 2.75) is 37.9 Å². The standard InChI is InChI=1S/C14H19N3S/c1-10(18-2)9-16-14-12(8-15)7-11-5-3-4-6-13(11)17-14/h7,10H,3-6,9H2,1-2H3,(H,16,17). The molecule has 0 bridgehead atoms. The van der Waals surface area contributed by atoms with E-state index >= 15 is 0 Å². The monoisotopic (exact) mass is 261 g/mol. The van der Waals surface area contributed by atoms with Crippen LogP contribution in [0.1, 0.15) is 36.6 Å². The summed E-state index contributed by atoms with van der Waals surface area (Å²) in [5.74, 6) is 0.763. The van der Waals surface area contributed by atoms with Crippen LogP contribution in [0.5, 0.6) is 0 Å². The predicted octanol–water partition coefficient (Wildman–Crippen LogP) is 3.00. The maximum atomic E-state index is 9.21. The molecule has 1 unspecified atom stereocenters. The Hall–Kier alpha value is -1.21. The molecule has 0 radical (unpaired) electrons. The number of aryl methyl sites for hydroxylation is 2. The number of hydrogen-bond donors (Lipinski definition) is 1. The Bertz CT molecular complexity index is 465. The molecule has 0 aromatic carbocycles. The van der Waals surface area contributed by atoms with Crippen LogP contribution in [0.15, 0.2) is 6.07 Å². The van der Waals surface area contributed by atoms with Crippen molar-refractivity contribution in [3.05, 3.63) is 22.9 Å². The number of nitrogens with one attached hydrogen (secondary N) is 1. The van der Waals surface area contributed by atoms with E-state index in [1.807, 2.05) is 17.8 Å². The summed E-state index contributed by atoms with van der Waals surface area (Å²) in [6.45, 7) is 3.02. The summed E-state index contributed by atoms with van der Waals surface area (Å²) in [7, 11) is 0. The first kappa shape index (κ1) is 13.2. The minimum Gasteiger partial charge on any atom is -0.368 e. The van der Waals surface area contributed by atoms with E-state index in [1.165, 1.54) is 24.1 Å². The SMILES string of the molecule is CSC(C)CNc1nc2c(cc1C#N)CCCC2. The Morgan fingerprint density at radius 1 is 1.50 bits per heavy atom. The summed E-state index contributed by atoms with van der Waals surface area (Å²) < 4.78 is 0. The molecule has 0 saturated heterocycles. The van der Waals surface area contributed by atoms with Crippen LogP contribution in [-0.4, -0.2) is 23.0 Å². The minimum atomic E-state index is 0.523. The topological polar surface area (TPSA) is 48.7 Å². The molecule has 0 spiro atoms. The molecule has 0 amide bonds. The summed E-state index contributed by atoms with van der Waals surface area (Å²) in [6, 6.07) is 4.28. The first-order valence-corrected chi connectivity index (χ1v) is 7.73. The number of nitriles is 1. The number of thioether (sulfide) groups is 1. The smallest absolute Gasteiger partial charge is 0.144 e. The number of hydrogen-bond acceptors (Lipinski definition) is 4. The molecular formula is C14H19N3S. The molecule has 3 nitrogen and oxygen atoms in total. The average molecular weight is 261 g/mol. The lowest BCUT2D eigenvalue weighted by molar-refractivity contribution is 0.668. The molecule has 1 N–H and O–H groups in total. The van der Waals surface area contributed by atoms with Gasteiger partial charge < -0.3 is 5.32 Å². The quantitative estimate of drug-likeness (QED) is 0.905. The number of fused-ring (bicyclic) bond motifs is 1. The highest BCUT2D eigenvalue weighted by Gasteiger charge is 2.15. The third kappa shape index (κ3) is 2.97. The van der Waals surface area contributed by atoms with Gasteiger partial charge in [0.1, 0.15) is 11.9 Å². The van der Waals surface area contributed by atoms with Gasteiger partial charge in [0.05, 0.1) is 5.56 Å². The van der Waals surface area contributed by atoms with Crippen LogP contribution in [0.4, 0.5) is 5.82 Å². The van der Waals surface area contributed by atoms with Gasteiger partial charge in [-0.3, -0.25) is 0 Å². The van der Waals surface area contributed by atoms with E-state index in [-0.39, 0.29) is 0 Å². The first-order valence-electron chi connectivity index (χ1n) is 6.44. The Labute approximate surface area is 113 Å². The molecule has 0 fully saturated rings. The van der Waals surface area contributed by atoms with Crippen LogP contribution in [0.2, 0.25) is 0 Å². The lowest BCUT2D eigenvalue weighted by atomic mass is 9.95. The highest BCUT2D eigenvalue weighted by Crippen LogP contribution is 2.24. The van der Waals surface area contributed by atoms with Crippen molar-refractivity contribution < 1.29 is 0 Å². The van der Waals surface area contributed by atoms with Gasteiger partial charge in [-0.2, -0.15) is 17.0 Å². The van der Waals surface area contributed by atoms with Gasteiger partial charge in [-0.25, -0.2) is 4.98 Å². The molecule has 1 heterocycles. The molecule has 1 aromatic rings. The van der Waals surface area contributed by atoms with Crippen LogP contribution in [0.25, 0.3) is 0 Å². The van der Waals surface area contributed by atoms with Crippen LogP contribution >= 0.6 is 11.8 Å². The van der Waals surface area contributed by atoms with Gasteiger partial charge in [-0.05, 0) is 43.6 Å². The van der Waals surface area contributed by atoms with Crippen LogP contribution in [-0.2, 0) is 12.8 Å². The molecule has 1 atom stereocenters. The summed E-state index contributed by atoms with van der Waals surface area (Å²) in [4.78, 5) is 4.65. The first-order chi connectivity index (χ1) is 8.74. The Morgan fingerprint density at radius 2 is 2.28 bits per heavy atom. The second-order valence-corrected chi connectivity index (χ2v) is 6.01. The van der Waals surface area contributed by atoms with Crippen molar-refractivity contribution in [2.75, 3.05) is 18.1 Å². The van der Waals surface area contributed by atoms with E-state index in [9.17, 15) is 5.26 Å². The molecule has 1 aliphatic carbocycles. The van der Waals surface area contributed by atoms with Gasteiger partial charge in [-0.15, -0.1) is 0 Å². The molecule has 0 saturated carbocycles. The molecule has 4 heteroatoms. The Balaban J connectivity index is 2.20. The normalized spacial score (nSPS) is 15.6. The van der Waals surface area contributed by atoms with Crippen molar-refractivity contribution in [1.82, 2.24) is 4.98 Å². The maximum Gasteiger partial charge on any atom is 0.144 e. The van der Waals surface area contributed by atoms with E-state index < -0.39 is 0 Å². The lowest BCUT2D eigenvalue weighted by Gasteiger charge is -2.18. The van der Waals surface area contributed by atoms with Crippen LogP contribution in [0.3, 0.4) is 0 Å². The number of nitrogens with zero attached hydrogens (tertiary/aromatic N) is 2. The fraction of sp³-hybridized carbons (Fsp3) is 0.571. The lowest BCUT2D eigenvalue weighted by Crippen LogP contribution is -2.16. The minimum absolute atomic E-state index is 0.523. The highest BCUT2D eigenvalue weighted by molar-refractivity contribution is 7.99. The largest absolute Gasteiger partial charge is 0.368 e. The zero-order valence-electron chi connectivity index (χ0n) is 11.0. The number of rotatable bonds is 4. The molecule has 0 aliphatic heterocycles. The van der Waals surface area contributed by atoms with Crippen LogP contribution in [0, 0.1) is 11.3 Å². The van der Waals surface area contributed by atoms with Gasteiger partial charge in [0.2, 0.25) is 0 Å². The summed E-state index contributed by atoms with van der Waals surface area (Å²) in [5.41, 5.74) is 3.13. The van der Waals surface area contributed by atoms with E-state index in [1.54, 1.807) is 0 Å². The van der Waals surface area contributed by atoms with Gasteiger partial charge in [0.15, 0.2) is 0 Å². The predicted molar refractivity (Wildman–Crippen MR) is 77.1 cm³/mol. The van der Waals surface area contributed by atoms with Crippen molar-refractivity contribution in [1.29, 1.82) is 5.26 Å². The van der Waals surface area contributed by atoms with E-state index in [4.69, 9.17) is 0 Å². The van der Waals surface area contributed by atoms with E-state index in [0.717, 1.165) is 25.2 Å². The third-order valence-electron chi connectivity index (χ3n) is 3.38.